The molecule has 1 aliphatic rings. The van der Waals surface area contributed by atoms with Gasteiger partial charge in [0.1, 0.15) is 6.07 Å². The first kappa shape index (κ1) is 20.7. The molecule has 3 aromatic heterocycles. The number of aromatic nitrogens is 4. The molecule has 0 bridgehead atoms. The number of carbonyl (C=O) groups excluding carboxylic acids is 1. The van der Waals surface area contributed by atoms with Crippen molar-refractivity contribution in [3.8, 4) is 28.3 Å². The summed E-state index contributed by atoms with van der Waals surface area (Å²) < 4.78 is 3.54. The van der Waals surface area contributed by atoms with Gasteiger partial charge in [-0.15, -0.1) is 0 Å². The third-order valence-electron chi connectivity index (χ3n) is 6.44. The van der Waals surface area contributed by atoms with E-state index in [9.17, 15) is 10.1 Å². The second-order valence-electron chi connectivity index (χ2n) is 8.43. The van der Waals surface area contributed by atoms with E-state index in [2.05, 4.69) is 53.2 Å². The van der Waals surface area contributed by atoms with E-state index in [1.165, 1.54) is 11.6 Å². The summed E-state index contributed by atoms with van der Waals surface area (Å²) in [6.45, 7) is 5.10. The molecule has 1 fully saturated rings. The highest BCUT2D eigenvalue weighted by Crippen LogP contribution is 2.34. The Morgan fingerprint density at radius 2 is 1.85 bits per heavy atom. The number of hydrogen-bond acceptors (Lipinski definition) is 4. The first-order valence-corrected chi connectivity index (χ1v) is 11.0. The van der Waals surface area contributed by atoms with Crippen molar-refractivity contribution in [1.82, 2.24) is 24.3 Å². The van der Waals surface area contributed by atoms with Crippen LogP contribution in [-0.2, 0) is 11.8 Å². The fraction of sp³-hybridized carbons (Fsp3) is 0.231. The first-order chi connectivity index (χ1) is 16.1. The Morgan fingerprint density at radius 1 is 1.09 bits per heavy atom. The summed E-state index contributed by atoms with van der Waals surface area (Å²) in [6, 6.07) is 12.9. The van der Waals surface area contributed by atoms with Crippen molar-refractivity contribution in [1.29, 1.82) is 5.26 Å². The van der Waals surface area contributed by atoms with E-state index in [-0.39, 0.29) is 5.91 Å². The van der Waals surface area contributed by atoms with Gasteiger partial charge in [-0.05, 0) is 42.0 Å². The van der Waals surface area contributed by atoms with E-state index in [0.29, 0.717) is 11.5 Å². The third kappa shape index (κ3) is 3.80. The van der Waals surface area contributed by atoms with Crippen LogP contribution in [-0.4, -0.2) is 43.3 Å². The summed E-state index contributed by atoms with van der Waals surface area (Å²) in [5.74, 6) is 0.440. The molecule has 1 amide bonds. The van der Waals surface area contributed by atoms with Gasteiger partial charge in [-0.2, -0.15) is 15.5 Å². The largest absolute Gasteiger partial charge is 0.339 e. The van der Waals surface area contributed by atoms with Crippen LogP contribution in [0.15, 0.2) is 67.8 Å². The van der Waals surface area contributed by atoms with E-state index in [1.54, 1.807) is 15.4 Å². The van der Waals surface area contributed by atoms with Crippen LogP contribution in [0, 0.1) is 11.3 Å². The number of aryl methyl sites for hydroxylation is 1. The van der Waals surface area contributed by atoms with Gasteiger partial charge in [0.2, 0.25) is 5.91 Å². The van der Waals surface area contributed by atoms with Crippen LogP contribution < -0.4 is 0 Å². The third-order valence-corrected chi connectivity index (χ3v) is 6.44. The quantitative estimate of drug-likeness (QED) is 0.450. The van der Waals surface area contributed by atoms with Crippen molar-refractivity contribution in [3.63, 3.8) is 0 Å². The van der Waals surface area contributed by atoms with E-state index in [1.807, 2.05) is 30.5 Å². The molecule has 0 N–H and O–H groups in total. The van der Waals surface area contributed by atoms with Gasteiger partial charge in [0, 0.05) is 49.2 Å². The number of likely N-dealkylation sites (tertiary alicyclic amines) is 1. The van der Waals surface area contributed by atoms with Crippen LogP contribution in [0.4, 0.5) is 0 Å². The summed E-state index contributed by atoms with van der Waals surface area (Å²) in [5.41, 5.74) is 6.60. The van der Waals surface area contributed by atoms with Gasteiger partial charge in [0.25, 0.3) is 0 Å². The zero-order chi connectivity index (χ0) is 22.9. The molecule has 0 unspecified atom stereocenters. The lowest BCUT2D eigenvalue weighted by Crippen LogP contribution is -2.36. The zero-order valence-corrected chi connectivity index (χ0v) is 18.5. The molecular formula is C26H24N6O. The number of fused-ring (bicyclic) bond motifs is 1. The van der Waals surface area contributed by atoms with Gasteiger partial charge in [0.05, 0.1) is 23.5 Å². The van der Waals surface area contributed by atoms with Gasteiger partial charge in [0.15, 0.2) is 0 Å². The molecule has 0 spiro atoms. The number of carbonyl (C=O) groups is 1. The monoisotopic (exact) mass is 436 g/mol. The smallest absolute Gasteiger partial charge is 0.245 e. The Bertz CT molecular complexity index is 1380. The van der Waals surface area contributed by atoms with Crippen molar-refractivity contribution in [2.75, 3.05) is 13.1 Å². The standard InChI is InChI=1S/C26H24N6O/c1-3-25(33)31-10-8-19(9-11-31)18-4-6-20(7-5-18)24-12-21(23-15-28-30(2)16-23)17-32-26(24)22(13-27)14-29-32/h3-7,12,14-17,19H,1,8-11H2,2H3. The average molecular weight is 437 g/mol. The first-order valence-electron chi connectivity index (χ1n) is 11.0. The number of rotatable bonds is 4. The molecule has 7 heteroatoms. The van der Waals surface area contributed by atoms with E-state index >= 15 is 0 Å². The SMILES string of the molecule is C=CC(=O)N1CCC(c2ccc(-c3cc(-c4cnn(C)c4)cn4ncc(C#N)c34)cc2)CC1. The Morgan fingerprint density at radius 3 is 2.48 bits per heavy atom. The second kappa shape index (κ2) is 8.40. The van der Waals surface area contributed by atoms with E-state index < -0.39 is 0 Å². The fourth-order valence-corrected chi connectivity index (χ4v) is 4.65. The predicted octanol–water partition coefficient (Wildman–Crippen LogP) is 4.17. The highest BCUT2D eigenvalue weighted by Gasteiger charge is 2.23. The fourth-order valence-electron chi connectivity index (χ4n) is 4.65. The molecule has 33 heavy (non-hydrogen) atoms. The normalized spacial score (nSPS) is 14.4. The van der Waals surface area contributed by atoms with Gasteiger partial charge in [-0.25, -0.2) is 4.52 Å². The predicted molar refractivity (Wildman–Crippen MR) is 126 cm³/mol. The number of nitriles is 1. The minimum atomic E-state index is 0.00965. The molecule has 1 saturated heterocycles. The molecule has 4 aromatic rings. The van der Waals surface area contributed by atoms with Crippen LogP contribution in [0.3, 0.4) is 0 Å². The molecule has 4 heterocycles. The van der Waals surface area contributed by atoms with Gasteiger partial charge in [-0.1, -0.05) is 30.8 Å². The second-order valence-corrected chi connectivity index (χ2v) is 8.43. The maximum absolute atomic E-state index is 11.9. The Labute approximate surface area is 192 Å². The molecular weight excluding hydrogens is 412 g/mol. The van der Waals surface area contributed by atoms with Crippen LogP contribution in [0.25, 0.3) is 27.8 Å². The molecule has 0 radical (unpaired) electrons. The molecule has 0 aliphatic carbocycles. The van der Waals surface area contributed by atoms with Crippen LogP contribution in [0.5, 0.6) is 0 Å². The van der Waals surface area contributed by atoms with Crippen molar-refractivity contribution < 1.29 is 4.79 Å². The number of benzene rings is 1. The lowest BCUT2D eigenvalue weighted by molar-refractivity contribution is -0.127. The number of nitrogens with zero attached hydrogens (tertiary/aromatic N) is 6. The molecule has 5 rings (SSSR count). The molecule has 164 valence electrons. The number of pyridine rings is 1. The number of piperidine rings is 1. The summed E-state index contributed by atoms with van der Waals surface area (Å²) >= 11 is 0. The summed E-state index contributed by atoms with van der Waals surface area (Å²) in [5, 5.41) is 18.3. The molecule has 1 aliphatic heterocycles. The van der Waals surface area contributed by atoms with Crippen LogP contribution >= 0.6 is 0 Å². The molecule has 0 atom stereocenters. The zero-order valence-electron chi connectivity index (χ0n) is 18.5. The Hall–Kier alpha value is -4.18. The molecule has 7 nitrogen and oxygen atoms in total. The Kier molecular flexibility index (Phi) is 5.27. The van der Waals surface area contributed by atoms with Crippen molar-refractivity contribution in [3.05, 3.63) is 78.9 Å². The van der Waals surface area contributed by atoms with Gasteiger partial charge < -0.3 is 4.90 Å². The minimum absolute atomic E-state index is 0.00965. The summed E-state index contributed by atoms with van der Waals surface area (Å²) in [6.07, 6.45) is 10.6. The summed E-state index contributed by atoms with van der Waals surface area (Å²) in [7, 11) is 1.89. The Balaban J connectivity index is 1.49. The minimum Gasteiger partial charge on any atom is -0.339 e. The molecule has 1 aromatic carbocycles. The molecule has 0 saturated carbocycles. The topological polar surface area (TPSA) is 79.2 Å². The average Bonchev–Trinajstić information content (AvgIpc) is 3.49. The van der Waals surface area contributed by atoms with Gasteiger partial charge in [-0.3, -0.25) is 9.48 Å². The summed E-state index contributed by atoms with van der Waals surface area (Å²) in [4.78, 5) is 13.7. The lowest BCUT2D eigenvalue weighted by Gasteiger charge is -2.31. The van der Waals surface area contributed by atoms with Gasteiger partial charge >= 0.3 is 0 Å². The number of hydrogen-bond donors (Lipinski definition) is 0. The highest BCUT2D eigenvalue weighted by atomic mass is 16.2. The van der Waals surface area contributed by atoms with Crippen molar-refractivity contribution in [2.45, 2.75) is 18.8 Å². The lowest BCUT2D eigenvalue weighted by atomic mass is 9.88. The van der Waals surface area contributed by atoms with E-state index in [0.717, 1.165) is 53.7 Å². The van der Waals surface area contributed by atoms with Crippen molar-refractivity contribution in [2.24, 2.45) is 7.05 Å². The maximum atomic E-state index is 11.9. The van der Waals surface area contributed by atoms with Crippen LogP contribution in [0.1, 0.15) is 29.9 Å². The van der Waals surface area contributed by atoms with E-state index in [4.69, 9.17) is 0 Å². The highest BCUT2D eigenvalue weighted by molar-refractivity contribution is 5.88. The maximum Gasteiger partial charge on any atom is 0.245 e. The van der Waals surface area contributed by atoms with Crippen LogP contribution in [0.2, 0.25) is 0 Å². The number of amides is 1. The van der Waals surface area contributed by atoms with Crippen molar-refractivity contribution >= 4 is 11.4 Å².